The molecule has 116 valence electrons. The Balaban J connectivity index is 2.04. The number of rotatable bonds is 4. The van der Waals surface area contributed by atoms with Crippen molar-refractivity contribution in [1.82, 2.24) is 9.80 Å². The van der Waals surface area contributed by atoms with Crippen molar-refractivity contribution in [3.63, 3.8) is 0 Å². The molecule has 1 aromatic rings. The number of amides is 1. The van der Waals surface area contributed by atoms with Crippen molar-refractivity contribution >= 4 is 5.91 Å². The Morgan fingerprint density at radius 2 is 2.14 bits per heavy atom. The Labute approximate surface area is 126 Å². The van der Waals surface area contributed by atoms with Gasteiger partial charge in [0.15, 0.2) is 6.10 Å². The molecule has 0 saturated carbocycles. The van der Waals surface area contributed by atoms with Crippen LogP contribution in [0.15, 0.2) is 24.3 Å². The van der Waals surface area contributed by atoms with Gasteiger partial charge < -0.3 is 19.6 Å². The third-order valence-corrected chi connectivity index (χ3v) is 3.99. The quantitative estimate of drug-likeness (QED) is 0.908. The number of nitrogens with zero attached hydrogens (tertiary/aromatic N) is 2. The number of hydrogen-bond acceptors (Lipinski definition) is 4. The van der Waals surface area contributed by atoms with Gasteiger partial charge in [-0.2, -0.15) is 0 Å². The van der Waals surface area contributed by atoms with Gasteiger partial charge in [0.2, 0.25) is 0 Å². The molecule has 21 heavy (non-hydrogen) atoms. The van der Waals surface area contributed by atoms with Gasteiger partial charge in [0.25, 0.3) is 5.91 Å². The van der Waals surface area contributed by atoms with Gasteiger partial charge >= 0.3 is 0 Å². The number of ether oxygens (including phenoxy) is 1. The lowest BCUT2D eigenvalue weighted by molar-refractivity contribution is -0.140. The summed E-state index contributed by atoms with van der Waals surface area (Å²) in [6.07, 6.45) is -0.169. The van der Waals surface area contributed by atoms with E-state index in [0.29, 0.717) is 24.4 Å². The zero-order valence-electron chi connectivity index (χ0n) is 12.8. The van der Waals surface area contributed by atoms with Crippen LogP contribution in [0.5, 0.6) is 5.75 Å². The van der Waals surface area contributed by atoms with E-state index in [1.807, 2.05) is 0 Å². The maximum Gasteiger partial charge on any atom is 0.256 e. The Morgan fingerprint density at radius 3 is 2.86 bits per heavy atom. The molecule has 1 saturated heterocycles. The predicted molar refractivity (Wildman–Crippen MR) is 81.3 cm³/mol. The molecule has 1 N–H and O–H groups in total. The second kappa shape index (κ2) is 7.43. The predicted octanol–water partition coefficient (Wildman–Crippen LogP) is 1.28. The first-order valence-corrected chi connectivity index (χ1v) is 7.49. The van der Waals surface area contributed by atoms with Crippen LogP contribution in [-0.4, -0.2) is 60.6 Å². The summed E-state index contributed by atoms with van der Waals surface area (Å²) in [5.74, 6) is 0.425. The van der Waals surface area contributed by atoms with E-state index in [2.05, 4.69) is 11.8 Å². The summed E-state index contributed by atoms with van der Waals surface area (Å²) in [6.45, 7) is 6.38. The number of aliphatic hydroxyl groups excluding tert-OH is 1. The minimum absolute atomic E-state index is 0.221. The number of carbonyl (C=O) groups excluding carboxylic acids is 1. The van der Waals surface area contributed by atoms with Crippen molar-refractivity contribution < 1.29 is 14.6 Å². The molecule has 1 atom stereocenters. The molecule has 1 unspecified atom stereocenters. The van der Waals surface area contributed by atoms with Gasteiger partial charge in [0.1, 0.15) is 5.75 Å². The van der Waals surface area contributed by atoms with Gasteiger partial charge in [-0.15, -0.1) is 0 Å². The van der Waals surface area contributed by atoms with E-state index in [-0.39, 0.29) is 5.91 Å². The molecule has 2 rings (SSSR count). The number of likely N-dealkylation sites (N-methyl/N-ethyl adjacent to an activating group) is 1. The molecule has 1 amide bonds. The molecule has 1 aromatic carbocycles. The second-order valence-electron chi connectivity index (χ2n) is 5.29. The van der Waals surface area contributed by atoms with Crippen LogP contribution in [0.3, 0.4) is 0 Å². The highest BCUT2D eigenvalue weighted by atomic mass is 16.5. The van der Waals surface area contributed by atoms with E-state index in [1.165, 1.54) is 0 Å². The van der Waals surface area contributed by atoms with E-state index in [1.54, 1.807) is 36.3 Å². The summed E-state index contributed by atoms with van der Waals surface area (Å²) in [4.78, 5) is 16.6. The largest absolute Gasteiger partial charge is 0.497 e. The van der Waals surface area contributed by atoms with Crippen LogP contribution in [0.2, 0.25) is 0 Å². The Hall–Kier alpha value is -1.59. The number of methoxy groups -OCH3 is 1. The SMILES string of the molecule is CCN1CCCN(C(=O)C(O)c2cccc(OC)c2)CC1. The molecular weight excluding hydrogens is 268 g/mol. The fraction of sp³-hybridized carbons (Fsp3) is 0.562. The first kappa shape index (κ1) is 15.8. The maximum atomic E-state index is 12.5. The zero-order chi connectivity index (χ0) is 15.2. The minimum Gasteiger partial charge on any atom is -0.497 e. The highest BCUT2D eigenvalue weighted by Gasteiger charge is 2.25. The van der Waals surface area contributed by atoms with Crippen molar-refractivity contribution in [1.29, 1.82) is 0 Å². The zero-order valence-corrected chi connectivity index (χ0v) is 12.8. The van der Waals surface area contributed by atoms with Crippen molar-refractivity contribution in [2.75, 3.05) is 39.8 Å². The molecule has 0 aliphatic carbocycles. The number of aliphatic hydroxyl groups is 1. The highest BCUT2D eigenvalue weighted by molar-refractivity contribution is 5.82. The van der Waals surface area contributed by atoms with Crippen molar-refractivity contribution in [2.24, 2.45) is 0 Å². The third-order valence-electron chi connectivity index (χ3n) is 3.99. The molecule has 5 heteroatoms. The normalized spacial score (nSPS) is 18.1. The van der Waals surface area contributed by atoms with Gasteiger partial charge in [0.05, 0.1) is 7.11 Å². The maximum absolute atomic E-state index is 12.5. The van der Waals surface area contributed by atoms with Crippen LogP contribution in [0.1, 0.15) is 25.0 Å². The lowest BCUT2D eigenvalue weighted by atomic mass is 10.1. The Kier molecular flexibility index (Phi) is 5.59. The van der Waals surface area contributed by atoms with Crippen molar-refractivity contribution in [3.05, 3.63) is 29.8 Å². The molecule has 5 nitrogen and oxygen atoms in total. The molecule has 0 radical (unpaired) electrons. The fourth-order valence-corrected chi connectivity index (χ4v) is 2.63. The fourth-order valence-electron chi connectivity index (χ4n) is 2.63. The lowest BCUT2D eigenvalue weighted by Crippen LogP contribution is -2.38. The van der Waals surface area contributed by atoms with Crippen molar-refractivity contribution in [3.8, 4) is 5.75 Å². The standard InChI is InChI=1S/C16H24N2O3/c1-3-17-8-5-9-18(11-10-17)16(20)15(19)13-6-4-7-14(12-13)21-2/h4,6-7,12,15,19H,3,5,8-11H2,1-2H3. The molecular formula is C16H24N2O3. The summed E-state index contributed by atoms with van der Waals surface area (Å²) >= 11 is 0. The molecule has 0 spiro atoms. The number of carbonyl (C=O) groups is 1. The summed E-state index contributed by atoms with van der Waals surface area (Å²) in [5, 5.41) is 10.3. The lowest BCUT2D eigenvalue weighted by Gasteiger charge is -2.24. The van der Waals surface area contributed by atoms with E-state index in [9.17, 15) is 9.90 Å². The van der Waals surface area contributed by atoms with Gasteiger partial charge in [-0.1, -0.05) is 19.1 Å². The summed E-state index contributed by atoms with van der Waals surface area (Å²) in [6, 6.07) is 7.04. The molecule has 1 aliphatic heterocycles. The average Bonchev–Trinajstić information content (AvgIpc) is 2.79. The summed E-state index contributed by atoms with van der Waals surface area (Å²) in [5.41, 5.74) is 0.580. The number of hydrogen-bond donors (Lipinski definition) is 1. The Bertz CT molecular complexity index is 478. The van der Waals surface area contributed by atoms with Crippen LogP contribution in [-0.2, 0) is 4.79 Å². The monoisotopic (exact) mass is 292 g/mol. The van der Waals surface area contributed by atoms with Crippen LogP contribution in [0, 0.1) is 0 Å². The van der Waals surface area contributed by atoms with Crippen LogP contribution < -0.4 is 4.74 Å². The third kappa shape index (κ3) is 3.95. The van der Waals surface area contributed by atoms with E-state index >= 15 is 0 Å². The molecule has 1 fully saturated rings. The molecule has 1 heterocycles. The highest BCUT2D eigenvalue weighted by Crippen LogP contribution is 2.21. The van der Waals surface area contributed by atoms with E-state index in [0.717, 1.165) is 26.1 Å². The van der Waals surface area contributed by atoms with Crippen molar-refractivity contribution in [2.45, 2.75) is 19.4 Å². The minimum atomic E-state index is -1.12. The summed E-state index contributed by atoms with van der Waals surface area (Å²) < 4.78 is 5.14. The topological polar surface area (TPSA) is 53.0 Å². The summed E-state index contributed by atoms with van der Waals surface area (Å²) in [7, 11) is 1.57. The second-order valence-corrected chi connectivity index (χ2v) is 5.29. The van der Waals surface area contributed by atoms with Crippen LogP contribution in [0.25, 0.3) is 0 Å². The first-order valence-electron chi connectivity index (χ1n) is 7.49. The average molecular weight is 292 g/mol. The van der Waals surface area contributed by atoms with Gasteiger partial charge in [-0.25, -0.2) is 0 Å². The molecule has 0 bridgehead atoms. The Morgan fingerprint density at radius 1 is 1.33 bits per heavy atom. The van der Waals surface area contributed by atoms with E-state index in [4.69, 9.17) is 4.74 Å². The smallest absolute Gasteiger partial charge is 0.256 e. The van der Waals surface area contributed by atoms with Gasteiger partial charge in [-0.05, 0) is 37.2 Å². The first-order chi connectivity index (χ1) is 10.2. The van der Waals surface area contributed by atoms with Crippen LogP contribution in [0.4, 0.5) is 0 Å². The van der Waals surface area contributed by atoms with E-state index < -0.39 is 6.10 Å². The number of benzene rings is 1. The van der Waals surface area contributed by atoms with Crippen LogP contribution >= 0.6 is 0 Å². The molecule has 0 aromatic heterocycles. The van der Waals surface area contributed by atoms with Gasteiger partial charge in [-0.3, -0.25) is 4.79 Å². The molecule has 1 aliphatic rings. The van der Waals surface area contributed by atoms with Gasteiger partial charge in [0, 0.05) is 19.6 Å².